The lowest BCUT2D eigenvalue weighted by Crippen LogP contribution is -2.45. The molecular weight excluding hydrogens is 310 g/mol. The Morgan fingerprint density at radius 1 is 1.46 bits per heavy atom. The predicted octanol–water partition coefficient (Wildman–Crippen LogP) is 1.28. The van der Waals surface area contributed by atoms with Crippen LogP contribution in [0.15, 0.2) is 24.3 Å². The quantitative estimate of drug-likeness (QED) is 0.851. The highest BCUT2D eigenvalue weighted by atomic mass is 16.5. The van der Waals surface area contributed by atoms with Crippen LogP contribution in [0, 0.1) is 0 Å². The van der Waals surface area contributed by atoms with Crippen molar-refractivity contribution in [1.29, 1.82) is 0 Å². The van der Waals surface area contributed by atoms with Crippen molar-refractivity contribution in [2.24, 2.45) is 0 Å². The van der Waals surface area contributed by atoms with E-state index in [4.69, 9.17) is 9.47 Å². The SMILES string of the molecule is COc1cccc(N2C[C@H](NC(=O)NC[C@H]3CCCO3)CC2=O)c1. The topological polar surface area (TPSA) is 79.9 Å². The Kier molecular flexibility index (Phi) is 5.20. The third-order valence-electron chi connectivity index (χ3n) is 4.34. The summed E-state index contributed by atoms with van der Waals surface area (Å²) in [5, 5.41) is 5.68. The van der Waals surface area contributed by atoms with Crippen molar-refractivity contribution >= 4 is 17.6 Å². The molecule has 7 nitrogen and oxygen atoms in total. The molecule has 7 heteroatoms. The van der Waals surface area contributed by atoms with Gasteiger partial charge < -0.3 is 25.0 Å². The maximum absolute atomic E-state index is 12.2. The van der Waals surface area contributed by atoms with Gasteiger partial charge in [0.25, 0.3) is 0 Å². The zero-order chi connectivity index (χ0) is 16.9. The van der Waals surface area contributed by atoms with Crippen molar-refractivity contribution in [1.82, 2.24) is 10.6 Å². The molecule has 2 saturated heterocycles. The van der Waals surface area contributed by atoms with Crippen molar-refractivity contribution in [3.63, 3.8) is 0 Å². The summed E-state index contributed by atoms with van der Waals surface area (Å²) >= 11 is 0. The van der Waals surface area contributed by atoms with Gasteiger partial charge in [-0.05, 0) is 25.0 Å². The molecule has 0 spiro atoms. The van der Waals surface area contributed by atoms with Gasteiger partial charge in [-0.2, -0.15) is 0 Å². The van der Waals surface area contributed by atoms with Crippen molar-refractivity contribution < 1.29 is 19.1 Å². The van der Waals surface area contributed by atoms with E-state index >= 15 is 0 Å². The summed E-state index contributed by atoms with van der Waals surface area (Å²) in [6, 6.07) is 6.90. The fraction of sp³-hybridized carbons (Fsp3) is 0.529. The molecule has 2 heterocycles. The normalized spacial score (nSPS) is 23.4. The molecule has 0 radical (unpaired) electrons. The minimum atomic E-state index is -0.254. The summed E-state index contributed by atoms with van der Waals surface area (Å²) in [4.78, 5) is 25.9. The van der Waals surface area contributed by atoms with Gasteiger partial charge >= 0.3 is 6.03 Å². The van der Waals surface area contributed by atoms with Crippen molar-refractivity contribution in [2.75, 3.05) is 31.7 Å². The number of amides is 3. The predicted molar refractivity (Wildman–Crippen MR) is 89.3 cm³/mol. The van der Waals surface area contributed by atoms with Gasteiger partial charge in [0.15, 0.2) is 0 Å². The van der Waals surface area contributed by atoms with Crippen LogP contribution in [-0.4, -0.2) is 50.9 Å². The lowest BCUT2D eigenvalue weighted by molar-refractivity contribution is -0.117. The van der Waals surface area contributed by atoms with E-state index in [2.05, 4.69) is 10.6 Å². The lowest BCUT2D eigenvalue weighted by atomic mass is 10.2. The van der Waals surface area contributed by atoms with Gasteiger partial charge in [-0.1, -0.05) is 6.07 Å². The Hall–Kier alpha value is -2.28. The maximum Gasteiger partial charge on any atom is 0.315 e. The van der Waals surface area contributed by atoms with Crippen LogP contribution in [0.3, 0.4) is 0 Å². The van der Waals surface area contributed by atoms with Crippen LogP contribution in [0.1, 0.15) is 19.3 Å². The molecular formula is C17H23N3O4. The number of nitrogens with one attached hydrogen (secondary N) is 2. The number of urea groups is 1. The van der Waals surface area contributed by atoms with E-state index in [1.165, 1.54) is 0 Å². The number of benzene rings is 1. The van der Waals surface area contributed by atoms with Crippen LogP contribution in [-0.2, 0) is 9.53 Å². The lowest BCUT2D eigenvalue weighted by Gasteiger charge is -2.18. The summed E-state index contributed by atoms with van der Waals surface area (Å²) in [5.41, 5.74) is 0.781. The van der Waals surface area contributed by atoms with E-state index in [9.17, 15) is 9.59 Å². The van der Waals surface area contributed by atoms with E-state index in [1.54, 1.807) is 12.0 Å². The van der Waals surface area contributed by atoms with Gasteiger partial charge in [0, 0.05) is 37.9 Å². The molecule has 2 aliphatic rings. The van der Waals surface area contributed by atoms with Gasteiger partial charge in [-0.25, -0.2) is 4.79 Å². The summed E-state index contributed by atoms with van der Waals surface area (Å²) in [7, 11) is 1.59. The fourth-order valence-corrected chi connectivity index (χ4v) is 3.08. The number of nitrogens with zero attached hydrogens (tertiary/aromatic N) is 1. The zero-order valence-corrected chi connectivity index (χ0v) is 13.8. The summed E-state index contributed by atoms with van der Waals surface area (Å²) in [6.45, 7) is 1.73. The minimum absolute atomic E-state index is 0.00678. The van der Waals surface area contributed by atoms with Crippen LogP contribution in [0.25, 0.3) is 0 Å². The smallest absolute Gasteiger partial charge is 0.315 e. The number of carbonyl (C=O) groups excluding carboxylic acids is 2. The second-order valence-electron chi connectivity index (χ2n) is 6.10. The van der Waals surface area contributed by atoms with Crippen LogP contribution in [0.4, 0.5) is 10.5 Å². The van der Waals surface area contributed by atoms with Crippen LogP contribution in [0.5, 0.6) is 5.75 Å². The molecule has 2 aliphatic heterocycles. The number of hydrogen-bond donors (Lipinski definition) is 2. The monoisotopic (exact) mass is 333 g/mol. The largest absolute Gasteiger partial charge is 0.497 e. The van der Waals surface area contributed by atoms with Gasteiger partial charge in [-0.15, -0.1) is 0 Å². The molecule has 2 fully saturated rings. The highest BCUT2D eigenvalue weighted by Gasteiger charge is 2.31. The van der Waals surface area contributed by atoms with E-state index < -0.39 is 0 Å². The van der Waals surface area contributed by atoms with Gasteiger partial charge in [0.05, 0.1) is 19.3 Å². The molecule has 3 rings (SSSR count). The molecule has 2 atom stereocenters. The first-order valence-corrected chi connectivity index (χ1v) is 8.26. The first-order chi connectivity index (χ1) is 11.7. The fourth-order valence-electron chi connectivity index (χ4n) is 3.08. The number of hydrogen-bond acceptors (Lipinski definition) is 4. The number of methoxy groups -OCH3 is 1. The summed E-state index contributed by atoms with van der Waals surface area (Å²) in [5.74, 6) is 0.693. The molecule has 1 aromatic carbocycles. The Balaban J connectivity index is 1.51. The minimum Gasteiger partial charge on any atom is -0.497 e. The Bertz CT molecular complexity index is 601. The second-order valence-corrected chi connectivity index (χ2v) is 6.10. The molecule has 1 aromatic rings. The zero-order valence-electron chi connectivity index (χ0n) is 13.8. The van der Waals surface area contributed by atoms with Crippen molar-refractivity contribution in [3.05, 3.63) is 24.3 Å². The third-order valence-corrected chi connectivity index (χ3v) is 4.34. The first-order valence-electron chi connectivity index (χ1n) is 8.26. The molecule has 130 valence electrons. The van der Waals surface area contributed by atoms with Crippen LogP contribution < -0.4 is 20.3 Å². The standard InChI is InChI=1S/C17H23N3O4/c1-23-14-5-2-4-13(9-14)20-11-12(8-16(20)21)19-17(22)18-10-15-6-3-7-24-15/h2,4-5,9,12,15H,3,6-8,10-11H2,1H3,(H2,18,19,22)/t12-,15-/m1/s1. The highest BCUT2D eigenvalue weighted by molar-refractivity contribution is 5.97. The number of anilines is 1. The van der Waals surface area contributed by atoms with Gasteiger partial charge in [-0.3, -0.25) is 4.79 Å². The van der Waals surface area contributed by atoms with Crippen molar-refractivity contribution in [3.8, 4) is 5.75 Å². The molecule has 0 bridgehead atoms. The number of ether oxygens (including phenoxy) is 2. The van der Waals surface area contributed by atoms with E-state index in [-0.39, 0.29) is 24.1 Å². The van der Waals surface area contributed by atoms with Crippen LogP contribution >= 0.6 is 0 Å². The molecule has 0 saturated carbocycles. The summed E-state index contributed by atoms with van der Waals surface area (Å²) in [6.07, 6.45) is 2.42. The van der Waals surface area contributed by atoms with Crippen molar-refractivity contribution in [2.45, 2.75) is 31.4 Å². The molecule has 0 aromatic heterocycles. The Morgan fingerprint density at radius 3 is 3.08 bits per heavy atom. The highest BCUT2D eigenvalue weighted by Crippen LogP contribution is 2.25. The number of carbonyl (C=O) groups is 2. The van der Waals surface area contributed by atoms with E-state index in [1.807, 2.05) is 24.3 Å². The van der Waals surface area contributed by atoms with Crippen LogP contribution in [0.2, 0.25) is 0 Å². The third kappa shape index (κ3) is 3.97. The van der Waals surface area contributed by atoms with Gasteiger partial charge in [0.1, 0.15) is 5.75 Å². The summed E-state index contributed by atoms with van der Waals surface area (Å²) < 4.78 is 10.7. The molecule has 2 N–H and O–H groups in total. The average Bonchev–Trinajstić information content (AvgIpc) is 3.22. The second kappa shape index (κ2) is 7.53. The molecule has 0 unspecified atom stereocenters. The number of rotatable bonds is 5. The van der Waals surface area contributed by atoms with E-state index in [0.717, 1.165) is 25.1 Å². The molecule has 24 heavy (non-hydrogen) atoms. The molecule has 3 amide bonds. The first kappa shape index (κ1) is 16.6. The van der Waals surface area contributed by atoms with Gasteiger partial charge in [0.2, 0.25) is 5.91 Å². The average molecular weight is 333 g/mol. The Labute approximate surface area is 141 Å². The Morgan fingerprint density at radius 2 is 2.33 bits per heavy atom. The molecule has 0 aliphatic carbocycles. The maximum atomic E-state index is 12.2. The van der Waals surface area contributed by atoms with E-state index in [0.29, 0.717) is 25.3 Å².